The molecule has 0 heterocycles. The number of para-hydroxylation sites is 2. The molecule has 0 aliphatic carbocycles. The number of carboxylic acids is 2. The molecule has 0 saturated carbocycles. The maximum Gasteiger partial charge on any atom is 0.336 e. The highest BCUT2D eigenvalue weighted by atomic mass is 16.4. The van der Waals surface area contributed by atoms with Crippen molar-refractivity contribution < 1.29 is 30.0 Å². The molecule has 0 saturated heterocycles. The Bertz CT molecular complexity index is 907. The number of aromatic hydroxyl groups is 2. The van der Waals surface area contributed by atoms with E-state index in [0.29, 0.717) is 11.5 Å². The van der Waals surface area contributed by atoms with E-state index in [1.165, 1.54) is 12.1 Å². The number of hydrogen-bond donors (Lipinski definition) is 4. The van der Waals surface area contributed by atoms with E-state index in [1.807, 2.05) is 32.9 Å². The SMILES string of the molecule is CC(C)(C)c1ccc(C(=O)O)c(C(=O)O)c1.Oc1ccccc1.Oc1ccccc1. The lowest BCUT2D eigenvalue weighted by molar-refractivity contribution is 0.0651. The van der Waals surface area contributed by atoms with E-state index in [1.54, 1.807) is 54.6 Å². The number of phenols is 2. The van der Waals surface area contributed by atoms with Crippen LogP contribution in [0.5, 0.6) is 11.5 Å². The summed E-state index contributed by atoms with van der Waals surface area (Å²) in [6.07, 6.45) is 0. The normalized spacial score (nSPS) is 9.97. The lowest BCUT2D eigenvalue weighted by Gasteiger charge is -2.19. The molecule has 0 aliphatic rings. The van der Waals surface area contributed by atoms with E-state index in [0.717, 1.165) is 5.56 Å². The average molecular weight is 410 g/mol. The van der Waals surface area contributed by atoms with Crippen molar-refractivity contribution in [2.24, 2.45) is 0 Å². The number of rotatable bonds is 2. The van der Waals surface area contributed by atoms with Gasteiger partial charge in [-0.1, -0.05) is 63.2 Å². The maximum atomic E-state index is 10.9. The molecule has 3 rings (SSSR count). The summed E-state index contributed by atoms with van der Waals surface area (Å²) < 4.78 is 0. The summed E-state index contributed by atoms with van der Waals surface area (Å²) in [4.78, 5) is 21.8. The van der Waals surface area contributed by atoms with E-state index in [4.69, 9.17) is 20.4 Å². The molecular formula is C24H26O6. The second-order valence-corrected chi connectivity index (χ2v) is 7.29. The van der Waals surface area contributed by atoms with Gasteiger partial charge in [0.25, 0.3) is 0 Å². The van der Waals surface area contributed by atoms with Crippen molar-refractivity contribution in [2.45, 2.75) is 26.2 Å². The fourth-order valence-electron chi connectivity index (χ4n) is 2.23. The highest BCUT2D eigenvalue weighted by molar-refractivity contribution is 6.01. The van der Waals surface area contributed by atoms with E-state index < -0.39 is 11.9 Å². The largest absolute Gasteiger partial charge is 0.508 e. The van der Waals surface area contributed by atoms with E-state index in [2.05, 4.69) is 0 Å². The molecular weight excluding hydrogens is 384 g/mol. The molecule has 0 aliphatic heterocycles. The third-order valence-electron chi connectivity index (χ3n) is 3.86. The van der Waals surface area contributed by atoms with Crippen molar-refractivity contribution in [3.05, 3.63) is 95.6 Å². The summed E-state index contributed by atoms with van der Waals surface area (Å²) in [7, 11) is 0. The number of benzene rings is 3. The van der Waals surface area contributed by atoms with Crippen molar-refractivity contribution in [3.63, 3.8) is 0 Å². The van der Waals surface area contributed by atoms with Gasteiger partial charge < -0.3 is 20.4 Å². The smallest absolute Gasteiger partial charge is 0.336 e. The molecule has 0 radical (unpaired) electrons. The van der Waals surface area contributed by atoms with Crippen molar-refractivity contribution in [1.29, 1.82) is 0 Å². The zero-order chi connectivity index (χ0) is 22.7. The number of phenolic OH excluding ortho intramolecular Hbond substituents is 2. The monoisotopic (exact) mass is 410 g/mol. The van der Waals surface area contributed by atoms with Gasteiger partial charge in [0.05, 0.1) is 11.1 Å². The minimum Gasteiger partial charge on any atom is -0.508 e. The van der Waals surface area contributed by atoms with Gasteiger partial charge in [-0.2, -0.15) is 0 Å². The van der Waals surface area contributed by atoms with Gasteiger partial charge in [-0.25, -0.2) is 9.59 Å². The lowest BCUT2D eigenvalue weighted by atomic mass is 9.85. The summed E-state index contributed by atoms with van der Waals surface area (Å²) in [5.41, 5.74) is 0.247. The minimum atomic E-state index is -1.22. The van der Waals surface area contributed by atoms with Crippen molar-refractivity contribution >= 4 is 11.9 Å². The molecule has 0 spiro atoms. The van der Waals surface area contributed by atoms with Crippen LogP contribution in [0.2, 0.25) is 0 Å². The van der Waals surface area contributed by atoms with Crippen molar-refractivity contribution in [2.75, 3.05) is 0 Å². The fraction of sp³-hybridized carbons (Fsp3) is 0.167. The van der Waals surface area contributed by atoms with Crippen molar-refractivity contribution in [3.8, 4) is 11.5 Å². The third-order valence-corrected chi connectivity index (χ3v) is 3.86. The highest BCUT2D eigenvalue weighted by Gasteiger charge is 2.20. The van der Waals surface area contributed by atoms with E-state index in [-0.39, 0.29) is 16.5 Å². The first-order chi connectivity index (χ1) is 14.0. The van der Waals surface area contributed by atoms with Crippen LogP contribution in [-0.4, -0.2) is 32.4 Å². The topological polar surface area (TPSA) is 115 Å². The Balaban J connectivity index is 0.000000263. The Morgan fingerprint density at radius 2 is 1.03 bits per heavy atom. The Labute approximate surface area is 175 Å². The molecule has 0 unspecified atom stereocenters. The molecule has 0 bridgehead atoms. The first-order valence-electron chi connectivity index (χ1n) is 9.11. The highest BCUT2D eigenvalue weighted by Crippen LogP contribution is 2.24. The van der Waals surface area contributed by atoms with Crippen LogP contribution in [0.25, 0.3) is 0 Å². The van der Waals surface area contributed by atoms with Crippen molar-refractivity contribution in [1.82, 2.24) is 0 Å². The zero-order valence-corrected chi connectivity index (χ0v) is 17.1. The predicted molar refractivity (Wildman–Crippen MR) is 115 cm³/mol. The summed E-state index contributed by atoms with van der Waals surface area (Å²) >= 11 is 0. The van der Waals surface area contributed by atoms with E-state index >= 15 is 0 Å². The number of hydrogen-bond acceptors (Lipinski definition) is 4. The Morgan fingerprint density at radius 3 is 1.30 bits per heavy atom. The van der Waals surface area contributed by atoms with Crippen LogP contribution in [0.4, 0.5) is 0 Å². The van der Waals surface area contributed by atoms with Crippen LogP contribution in [-0.2, 0) is 5.41 Å². The average Bonchev–Trinajstić information content (AvgIpc) is 2.69. The molecule has 3 aromatic carbocycles. The van der Waals surface area contributed by atoms with Crippen LogP contribution >= 0.6 is 0 Å². The minimum absolute atomic E-state index is 0.167. The van der Waals surface area contributed by atoms with Crippen LogP contribution in [0.15, 0.2) is 78.9 Å². The van der Waals surface area contributed by atoms with Gasteiger partial charge in [0.1, 0.15) is 11.5 Å². The maximum absolute atomic E-state index is 10.9. The summed E-state index contributed by atoms with van der Waals surface area (Å²) in [5, 5.41) is 35.1. The summed E-state index contributed by atoms with van der Waals surface area (Å²) in [5.74, 6) is -1.80. The van der Waals surface area contributed by atoms with Crippen LogP contribution < -0.4 is 0 Å². The molecule has 6 nitrogen and oxygen atoms in total. The molecule has 30 heavy (non-hydrogen) atoms. The van der Waals surface area contributed by atoms with Crippen LogP contribution in [0.1, 0.15) is 47.1 Å². The molecule has 3 aromatic rings. The zero-order valence-electron chi connectivity index (χ0n) is 17.1. The van der Waals surface area contributed by atoms with Gasteiger partial charge in [-0.3, -0.25) is 0 Å². The number of aromatic carboxylic acids is 2. The molecule has 158 valence electrons. The molecule has 4 N–H and O–H groups in total. The number of carboxylic acid groups (broad SMARTS) is 2. The first kappa shape index (κ1) is 24.2. The van der Waals surface area contributed by atoms with Gasteiger partial charge in [-0.15, -0.1) is 0 Å². The third kappa shape index (κ3) is 8.48. The molecule has 6 heteroatoms. The molecule has 0 amide bonds. The Morgan fingerprint density at radius 1 is 0.633 bits per heavy atom. The number of carbonyl (C=O) groups is 2. The molecule has 0 atom stereocenters. The van der Waals surface area contributed by atoms with Crippen LogP contribution in [0.3, 0.4) is 0 Å². The van der Waals surface area contributed by atoms with Gasteiger partial charge in [0, 0.05) is 0 Å². The quantitative estimate of drug-likeness (QED) is 0.464. The standard InChI is InChI=1S/C12H14O4.2C6H6O/c1-12(2,3)7-4-5-8(10(13)14)9(6-7)11(15)16;2*7-6-4-2-1-3-5-6/h4-6H,1-3H3,(H,13,14)(H,15,16);2*1-5,7H. The summed E-state index contributed by atoms with van der Waals surface area (Å²) in [6.45, 7) is 5.82. The van der Waals surface area contributed by atoms with E-state index in [9.17, 15) is 9.59 Å². The first-order valence-corrected chi connectivity index (χ1v) is 9.11. The van der Waals surface area contributed by atoms with Gasteiger partial charge in [-0.05, 0) is 47.4 Å². The fourth-order valence-corrected chi connectivity index (χ4v) is 2.23. The lowest BCUT2D eigenvalue weighted by Crippen LogP contribution is -2.15. The van der Waals surface area contributed by atoms with Gasteiger partial charge in [0.2, 0.25) is 0 Å². The molecule has 0 aromatic heterocycles. The Hall–Kier alpha value is -3.80. The summed E-state index contributed by atoms with van der Waals surface area (Å²) in [6, 6.07) is 21.8. The van der Waals surface area contributed by atoms with Gasteiger partial charge in [0.15, 0.2) is 0 Å². The van der Waals surface area contributed by atoms with Gasteiger partial charge >= 0.3 is 11.9 Å². The predicted octanol–water partition coefficient (Wildman–Crippen LogP) is 5.16. The van der Waals surface area contributed by atoms with Crippen LogP contribution in [0, 0.1) is 0 Å². The molecule has 0 fully saturated rings. The second kappa shape index (κ2) is 11.3. The Kier molecular flexibility index (Phi) is 9.10. The second-order valence-electron chi connectivity index (χ2n) is 7.29.